The van der Waals surface area contributed by atoms with E-state index in [1.165, 1.54) is 0 Å². The van der Waals surface area contributed by atoms with E-state index in [9.17, 15) is 14.4 Å². The van der Waals surface area contributed by atoms with Crippen LogP contribution in [0.4, 0.5) is 0 Å². The third kappa shape index (κ3) is 5.13. The topological polar surface area (TPSA) is 116 Å². The predicted octanol–water partition coefficient (Wildman–Crippen LogP) is -0.580. The Morgan fingerprint density at radius 2 is 2.06 bits per heavy atom. The molecular formula is C11H18N2O5. The fraction of sp³-hybridized carbons (Fsp3) is 0.727. The summed E-state index contributed by atoms with van der Waals surface area (Å²) < 4.78 is 0. The highest BCUT2D eigenvalue weighted by molar-refractivity contribution is 5.84. The van der Waals surface area contributed by atoms with E-state index < -0.39 is 18.0 Å². The van der Waals surface area contributed by atoms with Crippen LogP contribution in [-0.4, -0.2) is 47.2 Å². The Bertz CT molecular complexity index is 325. The number of carbonyl (C=O) groups is 3. The smallest absolute Gasteiger partial charge is 0.326 e. The Morgan fingerprint density at radius 1 is 1.33 bits per heavy atom. The van der Waals surface area contributed by atoms with Crippen LogP contribution in [-0.2, 0) is 14.4 Å². The van der Waals surface area contributed by atoms with E-state index >= 15 is 0 Å². The second-order valence-corrected chi connectivity index (χ2v) is 4.45. The minimum Gasteiger partial charge on any atom is -0.481 e. The van der Waals surface area contributed by atoms with Crippen LogP contribution in [0.3, 0.4) is 0 Å². The van der Waals surface area contributed by atoms with Gasteiger partial charge < -0.3 is 20.8 Å². The summed E-state index contributed by atoms with van der Waals surface area (Å²) in [4.78, 5) is 32.9. The fourth-order valence-corrected chi connectivity index (χ4v) is 1.93. The molecule has 0 saturated carbocycles. The number of carbonyl (C=O) groups excluding carboxylic acids is 1. The minimum absolute atomic E-state index is 0.0979. The molecule has 0 bridgehead atoms. The highest BCUT2D eigenvalue weighted by Gasteiger charge is 2.23. The van der Waals surface area contributed by atoms with Gasteiger partial charge in [-0.05, 0) is 31.8 Å². The zero-order valence-corrected chi connectivity index (χ0v) is 10.0. The van der Waals surface area contributed by atoms with Crippen molar-refractivity contribution < 1.29 is 24.6 Å². The summed E-state index contributed by atoms with van der Waals surface area (Å²) >= 11 is 0. The van der Waals surface area contributed by atoms with E-state index in [1.807, 2.05) is 0 Å². The van der Waals surface area contributed by atoms with Crippen molar-refractivity contribution in [2.24, 2.45) is 5.92 Å². The van der Waals surface area contributed by atoms with Crippen LogP contribution in [0.5, 0.6) is 0 Å². The number of amides is 1. The zero-order chi connectivity index (χ0) is 13.5. The summed E-state index contributed by atoms with van der Waals surface area (Å²) in [5.41, 5.74) is 0. The summed E-state index contributed by atoms with van der Waals surface area (Å²) in [7, 11) is 0. The average Bonchev–Trinajstić information content (AvgIpc) is 2.76. The molecule has 7 nitrogen and oxygen atoms in total. The van der Waals surface area contributed by atoms with E-state index in [0.717, 1.165) is 19.5 Å². The van der Waals surface area contributed by atoms with E-state index in [2.05, 4.69) is 10.6 Å². The highest BCUT2D eigenvalue weighted by atomic mass is 16.4. The molecule has 1 heterocycles. The van der Waals surface area contributed by atoms with Gasteiger partial charge in [-0.3, -0.25) is 9.59 Å². The Balaban J connectivity index is 2.36. The molecule has 0 aliphatic carbocycles. The minimum atomic E-state index is -1.20. The molecular weight excluding hydrogens is 240 g/mol. The molecule has 1 aliphatic heterocycles. The standard InChI is InChI=1S/C11H18N2O5/c14-9(5-7-3-4-12-6-7)13-8(11(17)18)1-2-10(15)16/h7-8,12H,1-6H2,(H,13,14)(H,15,16)(H,17,18)/t7?,8-/m0/s1. The van der Waals surface area contributed by atoms with Crippen molar-refractivity contribution in [3.8, 4) is 0 Å². The van der Waals surface area contributed by atoms with Gasteiger partial charge in [0.1, 0.15) is 6.04 Å². The van der Waals surface area contributed by atoms with Crippen LogP contribution < -0.4 is 10.6 Å². The number of carboxylic acids is 2. The normalized spacial score (nSPS) is 20.3. The third-order valence-electron chi connectivity index (χ3n) is 2.92. The Hall–Kier alpha value is -1.63. The summed E-state index contributed by atoms with van der Waals surface area (Å²) in [6.45, 7) is 1.64. The van der Waals surface area contributed by atoms with Gasteiger partial charge in [-0.2, -0.15) is 0 Å². The molecule has 0 aromatic carbocycles. The maximum atomic E-state index is 11.6. The molecule has 1 rings (SSSR count). The van der Waals surface area contributed by atoms with Crippen LogP contribution in [0.2, 0.25) is 0 Å². The average molecular weight is 258 g/mol. The lowest BCUT2D eigenvalue weighted by molar-refractivity contribution is -0.143. The highest BCUT2D eigenvalue weighted by Crippen LogP contribution is 2.12. The SMILES string of the molecule is O=C(O)CC[C@H](NC(=O)CC1CCNC1)C(=O)O. The van der Waals surface area contributed by atoms with Gasteiger partial charge in [0.05, 0.1) is 0 Å². The van der Waals surface area contributed by atoms with Crippen LogP contribution in [0.15, 0.2) is 0 Å². The molecule has 1 amide bonds. The monoisotopic (exact) mass is 258 g/mol. The number of hydrogen-bond donors (Lipinski definition) is 4. The van der Waals surface area contributed by atoms with Crippen LogP contribution in [0, 0.1) is 5.92 Å². The molecule has 7 heteroatoms. The molecule has 1 saturated heterocycles. The summed E-state index contributed by atoms with van der Waals surface area (Å²) in [5, 5.41) is 22.9. The lowest BCUT2D eigenvalue weighted by Crippen LogP contribution is -2.41. The first kappa shape index (κ1) is 14.4. The Labute approximate surface area is 105 Å². The molecule has 102 valence electrons. The maximum absolute atomic E-state index is 11.6. The molecule has 0 aromatic rings. The van der Waals surface area contributed by atoms with Gasteiger partial charge in [0.2, 0.25) is 5.91 Å². The Morgan fingerprint density at radius 3 is 2.56 bits per heavy atom. The molecule has 0 radical (unpaired) electrons. The van der Waals surface area contributed by atoms with Crippen molar-refractivity contribution in [2.45, 2.75) is 31.7 Å². The van der Waals surface area contributed by atoms with Crippen molar-refractivity contribution in [1.29, 1.82) is 0 Å². The predicted molar refractivity (Wildman–Crippen MR) is 62.0 cm³/mol. The van der Waals surface area contributed by atoms with Crippen LogP contribution >= 0.6 is 0 Å². The van der Waals surface area contributed by atoms with Gasteiger partial charge >= 0.3 is 11.9 Å². The lowest BCUT2D eigenvalue weighted by Gasteiger charge is -2.15. The molecule has 18 heavy (non-hydrogen) atoms. The van der Waals surface area contributed by atoms with E-state index in [1.54, 1.807) is 0 Å². The van der Waals surface area contributed by atoms with Gasteiger partial charge in [-0.1, -0.05) is 0 Å². The number of hydrogen-bond acceptors (Lipinski definition) is 4. The van der Waals surface area contributed by atoms with Crippen molar-refractivity contribution in [2.75, 3.05) is 13.1 Å². The molecule has 2 atom stereocenters. The van der Waals surface area contributed by atoms with Crippen molar-refractivity contribution >= 4 is 17.8 Å². The molecule has 0 aromatic heterocycles. The van der Waals surface area contributed by atoms with Gasteiger partial charge in [0.15, 0.2) is 0 Å². The Kier molecular flexibility index (Phi) is 5.57. The summed E-state index contributed by atoms with van der Waals surface area (Å²) in [5.74, 6) is -2.37. The van der Waals surface area contributed by atoms with Gasteiger partial charge in [-0.25, -0.2) is 4.79 Å². The van der Waals surface area contributed by atoms with Crippen molar-refractivity contribution in [3.05, 3.63) is 0 Å². The molecule has 4 N–H and O–H groups in total. The molecule has 1 fully saturated rings. The van der Waals surface area contributed by atoms with Crippen molar-refractivity contribution in [1.82, 2.24) is 10.6 Å². The number of aliphatic carboxylic acids is 2. The number of nitrogens with one attached hydrogen (secondary N) is 2. The van der Waals surface area contributed by atoms with Crippen LogP contribution in [0.25, 0.3) is 0 Å². The summed E-state index contributed by atoms with van der Waals surface area (Å²) in [6, 6.07) is -1.12. The van der Waals surface area contributed by atoms with Gasteiger partial charge in [-0.15, -0.1) is 0 Å². The van der Waals surface area contributed by atoms with Gasteiger partial charge in [0, 0.05) is 12.8 Å². The van der Waals surface area contributed by atoms with E-state index in [0.29, 0.717) is 0 Å². The van der Waals surface area contributed by atoms with Crippen molar-refractivity contribution in [3.63, 3.8) is 0 Å². The fourth-order valence-electron chi connectivity index (χ4n) is 1.93. The van der Waals surface area contributed by atoms with Gasteiger partial charge in [0.25, 0.3) is 0 Å². The number of carboxylic acid groups (broad SMARTS) is 2. The van der Waals surface area contributed by atoms with E-state index in [4.69, 9.17) is 10.2 Å². The zero-order valence-electron chi connectivity index (χ0n) is 10.0. The first-order valence-corrected chi connectivity index (χ1v) is 5.93. The first-order chi connectivity index (χ1) is 8.49. The van der Waals surface area contributed by atoms with E-state index in [-0.39, 0.29) is 31.1 Å². The maximum Gasteiger partial charge on any atom is 0.326 e. The molecule has 1 unspecified atom stereocenters. The largest absolute Gasteiger partial charge is 0.481 e. The molecule has 1 aliphatic rings. The summed E-state index contributed by atoms with van der Waals surface area (Å²) in [6.07, 6.45) is 0.811. The van der Waals surface area contributed by atoms with Crippen LogP contribution in [0.1, 0.15) is 25.7 Å². The number of rotatable bonds is 7. The first-order valence-electron chi connectivity index (χ1n) is 5.93. The lowest BCUT2D eigenvalue weighted by atomic mass is 10.0. The third-order valence-corrected chi connectivity index (χ3v) is 2.92. The second-order valence-electron chi connectivity index (χ2n) is 4.45. The quantitative estimate of drug-likeness (QED) is 0.485. The second kappa shape index (κ2) is 6.95. The molecule has 0 spiro atoms.